The molecule has 5 aromatic carbocycles. The summed E-state index contributed by atoms with van der Waals surface area (Å²) in [6.07, 6.45) is 0. The fourth-order valence-electron chi connectivity index (χ4n) is 6.94. The van der Waals surface area contributed by atoms with Crippen molar-refractivity contribution in [3.8, 4) is 44.5 Å². The molecule has 0 aromatic heterocycles. The lowest BCUT2D eigenvalue weighted by Crippen LogP contribution is -2.15. The SMILES string of the molecule is COCc1ccc(-c2ccc3c(c2)C(C)(C)c2cc(-c4ccc5c(c4)C(C)(C)c4ccccc4-5)ccc2-3)cc1. The van der Waals surface area contributed by atoms with Crippen LogP contribution in [0.15, 0.2) is 103 Å². The van der Waals surface area contributed by atoms with Crippen molar-refractivity contribution in [1.29, 1.82) is 0 Å². The summed E-state index contributed by atoms with van der Waals surface area (Å²) in [6, 6.07) is 38.7. The zero-order valence-corrected chi connectivity index (χ0v) is 23.4. The molecule has 2 aliphatic carbocycles. The van der Waals surface area contributed by atoms with E-state index in [0.717, 1.165) is 0 Å². The summed E-state index contributed by atoms with van der Waals surface area (Å²) in [6.45, 7) is 10.1. The maximum Gasteiger partial charge on any atom is 0.0713 e. The molecular weight excluding hydrogens is 472 g/mol. The van der Waals surface area contributed by atoms with Crippen LogP contribution >= 0.6 is 0 Å². The van der Waals surface area contributed by atoms with Gasteiger partial charge in [0.2, 0.25) is 0 Å². The van der Waals surface area contributed by atoms with Crippen molar-refractivity contribution in [1.82, 2.24) is 0 Å². The number of hydrogen-bond donors (Lipinski definition) is 0. The number of ether oxygens (including phenoxy) is 1. The molecule has 0 spiro atoms. The zero-order valence-electron chi connectivity index (χ0n) is 23.4. The van der Waals surface area contributed by atoms with Gasteiger partial charge in [0.1, 0.15) is 0 Å². The Bertz CT molecular complexity index is 1750. The van der Waals surface area contributed by atoms with E-state index in [9.17, 15) is 0 Å². The Kier molecular flexibility index (Phi) is 5.28. The highest BCUT2D eigenvalue weighted by Crippen LogP contribution is 2.52. The van der Waals surface area contributed by atoms with Gasteiger partial charge >= 0.3 is 0 Å². The maximum absolute atomic E-state index is 5.29. The van der Waals surface area contributed by atoms with Gasteiger partial charge in [-0.2, -0.15) is 0 Å². The van der Waals surface area contributed by atoms with Crippen molar-refractivity contribution in [2.24, 2.45) is 0 Å². The molecule has 1 heteroatoms. The van der Waals surface area contributed by atoms with Crippen molar-refractivity contribution >= 4 is 0 Å². The number of hydrogen-bond acceptors (Lipinski definition) is 1. The first kappa shape index (κ1) is 24.1. The molecule has 0 fully saturated rings. The molecule has 0 heterocycles. The molecule has 0 saturated carbocycles. The summed E-state index contributed by atoms with van der Waals surface area (Å²) in [5, 5.41) is 0. The minimum atomic E-state index is -0.0705. The number of fused-ring (bicyclic) bond motifs is 6. The third-order valence-electron chi connectivity index (χ3n) is 9.19. The normalized spacial score (nSPS) is 15.4. The smallest absolute Gasteiger partial charge is 0.0713 e. The first-order chi connectivity index (χ1) is 18.8. The molecule has 0 atom stereocenters. The molecule has 0 bridgehead atoms. The van der Waals surface area contributed by atoms with E-state index >= 15 is 0 Å². The molecule has 0 saturated heterocycles. The van der Waals surface area contributed by atoms with E-state index in [2.05, 4.69) is 131 Å². The van der Waals surface area contributed by atoms with Crippen LogP contribution in [0.4, 0.5) is 0 Å². The Morgan fingerprint density at radius 2 is 0.872 bits per heavy atom. The van der Waals surface area contributed by atoms with Crippen LogP contribution in [-0.2, 0) is 22.2 Å². The first-order valence-electron chi connectivity index (χ1n) is 13.9. The molecule has 1 nitrogen and oxygen atoms in total. The van der Waals surface area contributed by atoms with E-state index in [1.807, 2.05) is 0 Å². The lowest BCUT2D eigenvalue weighted by molar-refractivity contribution is 0.185. The van der Waals surface area contributed by atoms with E-state index in [1.54, 1.807) is 7.11 Å². The molecule has 5 aromatic rings. The second kappa shape index (κ2) is 8.53. The zero-order chi connectivity index (χ0) is 26.9. The number of methoxy groups -OCH3 is 1. The van der Waals surface area contributed by atoms with Crippen molar-refractivity contribution in [3.63, 3.8) is 0 Å². The highest BCUT2D eigenvalue weighted by Gasteiger charge is 2.37. The minimum Gasteiger partial charge on any atom is -0.380 e. The van der Waals surface area contributed by atoms with Crippen LogP contribution in [0, 0.1) is 0 Å². The Morgan fingerprint density at radius 3 is 1.38 bits per heavy atom. The van der Waals surface area contributed by atoms with E-state index < -0.39 is 0 Å². The highest BCUT2D eigenvalue weighted by atomic mass is 16.5. The third-order valence-corrected chi connectivity index (χ3v) is 9.19. The van der Waals surface area contributed by atoms with Crippen molar-refractivity contribution < 1.29 is 4.74 Å². The number of benzene rings is 5. The van der Waals surface area contributed by atoms with Gasteiger partial charge < -0.3 is 4.74 Å². The van der Waals surface area contributed by atoms with Crippen molar-refractivity contribution in [2.45, 2.75) is 45.1 Å². The Hall–Kier alpha value is -3.94. The third kappa shape index (κ3) is 3.57. The largest absolute Gasteiger partial charge is 0.380 e. The van der Waals surface area contributed by atoms with E-state index in [4.69, 9.17) is 4.74 Å². The second-order valence-electron chi connectivity index (χ2n) is 12.2. The molecular formula is C38H34O. The fraction of sp³-hybridized carbons (Fsp3) is 0.211. The van der Waals surface area contributed by atoms with Gasteiger partial charge in [-0.25, -0.2) is 0 Å². The van der Waals surface area contributed by atoms with Crippen LogP contribution in [0.25, 0.3) is 44.5 Å². The van der Waals surface area contributed by atoms with Crippen LogP contribution in [0.2, 0.25) is 0 Å². The summed E-state index contributed by atoms with van der Waals surface area (Å²) >= 11 is 0. The van der Waals surface area contributed by atoms with Crippen molar-refractivity contribution in [2.75, 3.05) is 7.11 Å². The summed E-state index contributed by atoms with van der Waals surface area (Å²) < 4.78 is 5.29. The molecule has 7 rings (SSSR count). The Balaban J connectivity index is 1.27. The van der Waals surface area contributed by atoms with E-state index in [-0.39, 0.29) is 10.8 Å². The average molecular weight is 507 g/mol. The summed E-state index contributed by atoms with van der Waals surface area (Å²) in [5.41, 5.74) is 17.3. The lowest BCUT2D eigenvalue weighted by atomic mass is 9.80. The quantitative estimate of drug-likeness (QED) is 0.236. The standard InChI is InChI=1S/C38H34O/c1-37(2)33-9-7-6-8-29(33)30-18-15-27(21-34(30)37)28-16-19-32-31-17-14-26(20-35(31)38(3,4)36(32)22-28)25-12-10-24(11-13-25)23-39-5/h6-22H,23H2,1-5H3. The van der Waals surface area contributed by atoms with Gasteiger partial charge in [0.15, 0.2) is 0 Å². The second-order valence-corrected chi connectivity index (χ2v) is 12.2. The highest BCUT2D eigenvalue weighted by molar-refractivity contribution is 5.87. The minimum absolute atomic E-state index is 0.00629. The van der Waals surface area contributed by atoms with Crippen LogP contribution in [0.3, 0.4) is 0 Å². The van der Waals surface area contributed by atoms with Crippen molar-refractivity contribution in [3.05, 3.63) is 131 Å². The molecule has 0 radical (unpaired) electrons. The van der Waals surface area contributed by atoms with Gasteiger partial charge in [-0.05, 0) is 90.5 Å². The molecule has 39 heavy (non-hydrogen) atoms. The van der Waals surface area contributed by atoms with E-state index in [0.29, 0.717) is 6.61 Å². The molecule has 0 N–H and O–H groups in total. The summed E-state index contributed by atoms with van der Waals surface area (Å²) in [7, 11) is 1.74. The summed E-state index contributed by atoms with van der Waals surface area (Å²) in [5.74, 6) is 0. The maximum atomic E-state index is 5.29. The molecule has 0 amide bonds. The van der Waals surface area contributed by atoms with Crippen LogP contribution in [-0.4, -0.2) is 7.11 Å². The predicted molar refractivity (Wildman–Crippen MR) is 163 cm³/mol. The first-order valence-corrected chi connectivity index (χ1v) is 13.9. The molecule has 2 aliphatic rings. The summed E-state index contributed by atoms with van der Waals surface area (Å²) in [4.78, 5) is 0. The van der Waals surface area contributed by atoms with Crippen LogP contribution in [0.5, 0.6) is 0 Å². The molecule has 192 valence electrons. The Morgan fingerprint density at radius 1 is 0.462 bits per heavy atom. The average Bonchev–Trinajstić information content (AvgIpc) is 3.32. The van der Waals surface area contributed by atoms with Gasteiger partial charge in [-0.15, -0.1) is 0 Å². The van der Waals surface area contributed by atoms with Gasteiger partial charge in [0, 0.05) is 17.9 Å². The number of rotatable bonds is 4. The predicted octanol–water partition coefficient (Wildman–Crippen LogP) is 9.78. The van der Waals surface area contributed by atoms with Gasteiger partial charge in [0.05, 0.1) is 6.61 Å². The topological polar surface area (TPSA) is 9.23 Å². The van der Waals surface area contributed by atoms with E-state index in [1.165, 1.54) is 72.3 Å². The molecule has 0 aliphatic heterocycles. The van der Waals surface area contributed by atoms with Crippen LogP contribution in [0.1, 0.15) is 55.5 Å². The fourth-order valence-corrected chi connectivity index (χ4v) is 6.94. The van der Waals surface area contributed by atoms with Crippen LogP contribution < -0.4 is 0 Å². The Labute approximate surface area is 232 Å². The monoisotopic (exact) mass is 506 g/mol. The van der Waals surface area contributed by atoms with Gasteiger partial charge in [0.25, 0.3) is 0 Å². The van der Waals surface area contributed by atoms with Gasteiger partial charge in [-0.1, -0.05) is 113 Å². The lowest BCUT2D eigenvalue weighted by Gasteiger charge is -2.23. The van der Waals surface area contributed by atoms with Gasteiger partial charge in [-0.3, -0.25) is 0 Å². The molecule has 0 unspecified atom stereocenters.